The third-order valence-corrected chi connectivity index (χ3v) is 2.25. The van der Waals surface area contributed by atoms with Crippen molar-refractivity contribution in [2.24, 2.45) is 5.92 Å². The maximum absolute atomic E-state index is 11.2. The first kappa shape index (κ1) is 14.1. The molecule has 0 aliphatic heterocycles. The third-order valence-electron chi connectivity index (χ3n) is 2.25. The van der Waals surface area contributed by atoms with Crippen molar-refractivity contribution in [2.45, 2.75) is 46.5 Å². The number of Topliss-reactive ketones (excluding diaryl/α,β-unsaturated/α-hetero) is 1. The van der Waals surface area contributed by atoms with E-state index in [9.17, 15) is 9.59 Å². The van der Waals surface area contributed by atoms with Gasteiger partial charge in [-0.05, 0) is 26.2 Å². The van der Waals surface area contributed by atoms with Crippen LogP contribution in [0.5, 0.6) is 0 Å². The van der Waals surface area contributed by atoms with E-state index in [2.05, 4.69) is 5.48 Å². The van der Waals surface area contributed by atoms with Crippen molar-refractivity contribution in [1.29, 1.82) is 0 Å². The number of hydroxylamine groups is 1. The van der Waals surface area contributed by atoms with Crippen LogP contribution < -0.4 is 5.48 Å². The van der Waals surface area contributed by atoms with E-state index < -0.39 is 0 Å². The Morgan fingerprint density at radius 3 is 2.53 bits per heavy atom. The van der Waals surface area contributed by atoms with Crippen molar-refractivity contribution in [1.82, 2.24) is 5.48 Å². The molecule has 0 aliphatic rings. The molecule has 15 heavy (non-hydrogen) atoms. The Morgan fingerprint density at radius 1 is 1.33 bits per heavy atom. The highest BCUT2D eigenvalue weighted by atomic mass is 16.7. The Labute approximate surface area is 91.3 Å². The number of hydrogen-bond donors (Lipinski definition) is 1. The van der Waals surface area contributed by atoms with Crippen LogP contribution in [0.15, 0.2) is 0 Å². The Bertz CT molecular complexity index is 204. The molecule has 0 bridgehead atoms. The lowest BCUT2D eigenvalue weighted by atomic mass is 10.1. The summed E-state index contributed by atoms with van der Waals surface area (Å²) in [6.07, 6.45) is 3.06. The van der Waals surface area contributed by atoms with E-state index in [1.54, 1.807) is 6.92 Å². The van der Waals surface area contributed by atoms with Gasteiger partial charge in [-0.2, -0.15) is 5.48 Å². The standard InChI is InChI=1S/C11H21NO3/c1-4-9(2)11(14)15-12-8-6-5-7-10(3)13/h9,12H,4-8H2,1-3H3. The van der Waals surface area contributed by atoms with Crippen LogP contribution >= 0.6 is 0 Å². The fourth-order valence-electron chi connectivity index (χ4n) is 0.961. The van der Waals surface area contributed by atoms with Gasteiger partial charge in [0.1, 0.15) is 5.78 Å². The van der Waals surface area contributed by atoms with Crippen molar-refractivity contribution in [3.63, 3.8) is 0 Å². The van der Waals surface area contributed by atoms with E-state index in [1.807, 2.05) is 13.8 Å². The lowest BCUT2D eigenvalue weighted by Crippen LogP contribution is -2.25. The van der Waals surface area contributed by atoms with Gasteiger partial charge in [0, 0.05) is 13.0 Å². The lowest BCUT2D eigenvalue weighted by Gasteiger charge is -2.08. The van der Waals surface area contributed by atoms with Gasteiger partial charge in [-0.15, -0.1) is 0 Å². The second-order valence-electron chi connectivity index (χ2n) is 3.78. The van der Waals surface area contributed by atoms with E-state index in [1.165, 1.54) is 0 Å². The summed E-state index contributed by atoms with van der Waals surface area (Å²) >= 11 is 0. The predicted octanol–water partition coefficient (Wildman–Crippen LogP) is 1.84. The summed E-state index contributed by atoms with van der Waals surface area (Å²) < 4.78 is 0. The zero-order valence-corrected chi connectivity index (χ0v) is 9.84. The summed E-state index contributed by atoms with van der Waals surface area (Å²) in [4.78, 5) is 26.6. The second kappa shape index (κ2) is 8.41. The zero-order chi connectivity index (χ0) is 11.7. The van der Waals surface area contributed by atoms with E-state index in [4.69, 9.17) is 4.84 Å². The minimum absolute atomic E-state index is 0.0604. The van der Waals surface area contributed by atoms with Crippen LogP contribution in [-0.4, -0.2) is 18.3 Å². The largest absolute Gasteiger partial charge is 0.370 e. The molecule has 0 spiro atoms. The minimum atomic E-state index is -0.218. The summed E-state index contributed by atoms with van der Waals surface area (Å²) in [6.45, 7) is 5.96. The van der Waals surface area contributed by atoms with E-state index >= 15 is 0 Å². The summed E-state index contributed by atoms with van der Waals surface area (Å²) in [5, 5.41) is 0. The Kier molecular flexibility index (Phi) is 7.91. The van der Waals surface area contributed by atoms with E-state index in [0.29, 0.717) is 13.0 Å². The number of ketones is 1. The van der Waals surface area contributed by atoms with Gasteiger partial charge >= 0.3 is 5.97 Å². The Hall–Kier alpha value is -0.900. The van der Waals surface area contributed by atoms with Crippen molar-refractivity contribution in [3.05, 3.63) is 0 Å². The molecule has 1 atom stereocenters. The molecule has 0 aromatic heterocycles. The normalized spacial score (nSPS) is 12.2. The number of unbranched alkanes of at least 4 members (excludes halogenated alkanes) is 1. The fourth-order valence-corrected chi connectivity index (χ4v) is 0.961. The smallest absolute Gasteiger partial charge is 0.327 e. The summed E-state index contributed by atoms with van der Waals surface area (Å²) in [5.74, 6) is -0.0783. The van der Waals surface area contributed by atoms with E-state index in [0.717, 1.165) is 19.3 Å². The predicted molar refractivity (Wildman–Crippen MR) is 58.1 cm³/mol. The summed E-state index contributed by atoms with van der Waals surface area (Å²) in [5.41, 5.74) is 2.61. The van der Waals surface area contributed by atoms with Gasteiger partial charge in [-0.3, -0.25) is 4.79 Å². The monoisotopic (exact) mass is 215 g/mol. The van der Waals surface area contributed by atoms with Crippen LogP contribution in [0.25, 0.3) is 0 Å². The molecule has 0 aromatic rings. The van der Waals surface area contributed by atoms with Crippen molar-refractivity contribution in [3.8, 4) is 0 Å². The lowest BCUT2D eigenvalue weighted by molar-refractivity contribution is -0.155. The molecule has 1 unspecified atom stereocenters. The SMILES string of the molecule is CCC(C)C(=O)ONCCCCC(C)=O. The van der Waals surface area contributed by atoms with Gasteiger partial charge in [0.05, 0.1) is 5.92 Å². The zero-order valence-electron chi connectivity index (χ0n) is 9.84. The molecule has 4 nitrogen and oxygen atoms in total. The summed E-state index contributed by atoms with van der Waals surface area (Å²) in [7, 11) is 0. The molecule has 4 heteroatoms. The van der Waals surface area contributed by atoms with Crippen LogP contribution in [0.3, 0.4) is 0 Å². The topological polar surface area (TPSA) is 55.4 Å². The van der Waals surface area contributed by atoms with Gasteiger partial charge in [-0.25, -0.2) is 0 Å². The van der Waals surface area contributed by atoms with Crippen molar-refractivity contribution in [2.75, 3.05) is 6.54 Å². The number of hydrogen-bond acceptors (Lipinski definition) is 4. The molecule has 0 fully saturated rings. The Balaban J connectivity index is 3.31. The molecule has 0 aliphatic carbocycles. The van der Waals surface area contributed by atoms with Crippen LogP contribution in [0.2, 0.25) is 0 Å². The van der Waals surface area contributed by atoms with Crippen LogP contribution in [0.1, 0.15) is 46.5 Å². The first-order valence-electron chi connectivity index (χ1n) is 5.50. The quantitative estimate of drug-likeness (QED) is 0.496. The maximum Gasteiger partial charge on any atom is 0.327 e. The minimum Gasteiger partial charge on any atom is -0.370 e. The highest BCUT2D eigenvalue weighted by Gasteiger charge is 2.11. The fraction of sp³-hybridized carbons (Fsp3) is 0.818. The second-order valence-corrected chi connectivity index (χ2v) is 3.78. The van der Waals surface area contributed by atoms with Crippen LogP contribution in [0.4, 0.5) is 0 Å². The first-order valence-corrected chi connectivity index (χ1v) is 5.50. The van der Waals surface area contributed by atoms with Gasteiger partial charge in [0.2, 0.25) is 0 Å². The third kappa shape index (κ3) is 8.12. The average Bonchev–Trinajstić information content (AvgIpc) is 2.21. The van der Waals surface area contributed by atoms with Crippen LogP contribution in [0, 0.1) is 5.92 Å². The molecule has 88 valence electrons. The molecular weight excluding hydrogens is 194 g/mol. The molecule has 0 heterocycles. The molecule has 0 amide bonds. The number of carbonyl (C=O) groups excluding carboxylic acids is 2. The Morgan fingerprint density at radius 2 is 2.00 bits per heavy atom. The van der Waals surface area contributed by atoms with Gasteiger partial charge < -0.3 is 9.63 Å². The maximum atomic E-state index is 11.2. The highest BCUT2D eigenvalue weighted by molar-refractivity contribution is 5.75. The van der Waals surface area contributed by atoms with Crippen LogP contribution in [-0.2, 0) is 14.4 Å². The van der Waals surface area contributed by atoms with Gasteiger partial charge in [-0.1, -0.05) is 13.8 Å². The number of nitrogens with one attached hydrogen (secondary N) is 1. The molecular formula is C11H21NO3. The molecule has 0 radical (unpaired) electrons. The highest BCUT2D eigenvalue weighted by Crippen LogP contribution is 2.01. The molecule has 0 saturated heterocycles. The molecule has 0 rings (SSSR count). The summed E-state index contributed by atoms with van der Waals surface area (Å²) in [6, 6.07) is 0. The molecule has 0 aromatic carbocycles. The van der Waals surface area contributed by atoms with E-state index in [-0.39, 0.29) is 17.7 Å². The van der Waals surface area contributed by atoms with Crippen molar-refractivity contribution < 1.29 is 14.4 Å². The molecule has 0 saturated carbocycles. The van der Waals surface area contributed by atoms with Gasteiger partial charge in [0.15, 0.2) is 0 Å². The average molecular weight is 215 g/mol. The first-order chi connectivity index (χ1) is 7.07. The van der Waals surface area contributed by atoms with Crippen molar-refractivity contribution >= 4 is 11.8 Å². The van der Waals surface area contributed by atoms with Gasteiger partial charge in [0.25, 0.3) is 0 Å². The molecule has 1 N–H and O–H groups in total. The number of carbonyl (C=O) groups is 2. The number of rotatable bonds is 8.